The fourth-order valence-corrected chi connectivity index (χ4v) is 2.23. The van der Waals surface area contributed by atoms with Crippen LogP contribution in [0.1, 0.15) is 4.88 Å². The molecule has 0 unspecified atom stereocenters. The number of anilines is 1. The number of esters is 1. The number of para-hydroxylation sites is 1. The zero-order valence-corrected chi connectivity index (χ0v) is 12.4. The summed E-state index contributed by atoms with van der Waals surface area (Å²) in [5.41, 5.74) is 0.757. The fourth-order valence-electron chi connectivity index (χ4n) is 1.61. The third kappa shape index (κ3) is 4.57. The number of likely N-dealkylation sites (N-methyl/N-ethyl adjacent to an activating group) is 1. The first-order valence-corrected chi connectivity index (χ1v) is 7.25. The van der Waals surface area contributed by atoms with Gasteiger partial charge in [-0.25, -0.2) is 4.79 Å². The van der Waals surface area contributed by atoms with Gasteiger partial charge in [-0.2, -0.15) is 0 Å². The summed E-state index contributed by atoms with van der Waals surface area (Å²) in [6.07, 6.45) is 2.99. The van der Waals surface area contributed by atoms with Crippen LogP contribution in [0.4, 0.5) is 5.69 Å². The van der Waals surface area contributed by atoms with E-state index in [0.29, 0.717) is 0 Å². The predicted octanol–water partition coefficient (Wildman–Crippen LogP) is 2.97. The summed E-state index contributed by atoms with van der Waals surface area (Å²) in [6.45, 7) is -0.279. The van der Waals surface area contributed by atoms with E-state index in [9.17, 15) is 9.59 Å². The van der Waals surface area contributed by atoms with Crippen molar-refractivity contribution in [2.45, 2.75) is 0 Å². The Bertz CT molecular complexity index is 620. The summed E-state index contributed by atoms with van der Waals surface area (Å²) in [7, 11) is 1.65. The number of hydrogen-bond donors (Lipinski definition) is 0. The highest BCUT2D eigenvalue weighted by Crippen LogP contribution is 2.12. The van der Waals surface area contributed by atoms with Crippen LogP contribution in [0.5, 0.6) is 0 Å². The van der Waals surface area contributed by atoms with Gasteiger partial charge in [-0.15, -0.1) is 11.3 Å². The number of benzene rings is 1. The van der Waals surface area contributed by atoms with E-state index >= 15 is 0 Å². The number of ether oxygens (including phenoxy) is 1. The van der Waals surface area contributed by atoms with Crippen LogP contribution in [0.25, 0.3) is 6.08 Å². The lowest BCUT2D eigenvalue weighted by Gasteiger charge is -2.16. The van der Waals surface area contributed by atoms with E-state index in [1.807, 2.05) is 47.8 Å². The molecule has 1 amide bonds. The summed E-state index contributed by atoms with van der Waals surface area (Å²) in [5, 5.41) is 1.92. The highest BCUT2D eigenvalue weighted by atomic mass is 32.1. The minimum atomic E-state index is -0.529. The van der Waals surface area contributed by atoms with E-state index in [-0.39, 0.29) is 12.5 Å². The van der Waals surface area contributed by atoms with Crippen molar-refractivity contribution in [1.82, 2.24) is 0 Å². The number of carbonyl (C=O) groups is 2. The molecule has 0 fully saturated rings. The molecule has 0 spiro atoms. The number of nitrogens with zero attached hydrogens (tertiary/aromatic N) is 1. The maximum absolute atomic E-state index is 11.9. The van der Waals surface area contributed by atoms with Crippen LogP contribution < -0.4 is 4.90 Å². The van der Waals surface area contributed by atoms with E-state index in [1.54, 1.807) is 13.1 Å². The SMILES string of the molecule is CN(C(=O)COC(=O)C=Cc1cccs1)c1ccccc1. The zero-order valence-electron chi connectivity index (χ0n) is 11.6. The molecule has 0 aliphatic carbocycles. The van der Waals surface area contributed by atoms with Crippen LogP contribution >= 0.6 is 11.3 Å². The molecule has 0 aliphatic rings. The van der Waals surface area contributed by atoms with Crippen LogP contribution in [0.2, 0.25) is 0 Å². The van der Waals surface area contributed by atoms with Crippen LogP contribution in [-0.2, 0) is 14.3 Å². The van der Waals surface area contributed by atoms with Gasteiger partial charge in [0, 0.05) is 23.7 Å². The van der Waals surface area contributed by atoms with Crippen molar-refractivity contribution in [2.75, 3.05) is 18.6 Å². The standard InChI is InChI=1S/C16H15NO3S/c1-17(13-6-3-2-4-7-13)15(18)12-20-16(19)10-9-14-8-5-11-21-14/h2-11H,12H2,1H3. The largest absolute Gasteiger partial charge is 0.452 e. The van der Waals surface area contributed by atoms with Crippen molar-refractivity contribution in [1.29, 1.82) is 0 Å². The molecule has 0 N–H and O–H groups in total. The van der Waals surface area contributed by atoms with Crippen molar-refractivity contribution in [3.63, 3.8) is 0 Å². The van der Waals surface area contributed by atoms with Crippen LogP contribution in [0.15, 0.2) is 53.9 Å². The van der Waals surface area contributed by atoms with Gasteiger partial charge in [-0.05, 0) is 29.7 Å². The average Bonchev–Trinajstić information content (AvgIpc) is 3.04. The Balaban J connectivity index is 1.82. The molecule has 2 rings (SSSR count). The number of rotatable bonds is 5. The van der Waals surface area contributed by atoms with E-state index in [0.717, 1.165) is 10.6 Å². The zero-order chi connectivity index (χ0) is 15.1. The van der Waals surface area contributed by atoms with Gasteiger partial charge in [-0.3, -0.25) is 4.79 Å². The number of carbonyl (C=O) groups excluding carboxylic acids is 2. The number of thiophene rings is 1. The average molecular weight is 301 g/mol. The maximum atomic E-state index is 11.9. The first-order chi connectivity index (χ1) is 10.2. The van der Waals surface area contributed by atoms with Crippen molar-refractivity contribution in [2.24, 2.45) is 0 Å². The molecule has 1 aromatic carbocycles. The van der Waals surface area contributed by atoms with Gasteiger partial charge in [-0.1, -0.05) is 24.3 Å². The van der Waals surface area contributed by atoms with Gasteiger partial charge < -0.3 is 9.64 Å². The summed E-state index contributed by atoms with van der Waals surface area (Å²) in [4.78, 5) is 25.8. The Hall–Kier alpha value is -2.40. The lowest BCUT2D eigenvalue weighted by Crippen LogP contribution is -2.30. The summed E-state index contributed by atoms with van der Waals surface area (Å²) in [5.74, 6) is -0.808. The summed E-state index contributed by atoms with van der Waals surface area (Å²) >= 11 is 1.52. The Morgan fingerprint density at radius 1 is 1.19 bits per heavy atom. The second-order valence-electron chi connectivity index (χ2n) is 4.24. The predicted molar refractivity (Wildman–Crippen MR) is 84.2 cm³/mol. The molecular weight excluding hydrogens is 286 g/mol. The lowest BCUT2D eigenvalue weighted by atomic mass is 10.3. The molecule has 0 atom stereocenters. The molecule has 4 nitrogen and oxygen atoms in total. The quantitative estimate of drug-likeness (QED) is 0.630. The minimum absolute atomic E-state index is 0.279. The van der Waals surface area contributed by atoms with Crippen molar-refractivity contribution >= 4 is 35.0 Å². The number of amides is 1. The molecule has 1 heterocycles. The molecular formula is C16H15NO3S. The highest BCUT2D eigenvalue weighted by molar-refractivity contribution is 7.10. The lowest BCUT2D eigenvalue weighted by molar-refractivity contribution is -0.142. The third-order valence-corrected chi connectivity index (χ3v) is 3.62. The fraction of sp³-hybridized carbons (Fsp3) is 0.125. The Morgan fingerprint density at radius 2 is 1.95 bits per heavy atom. The molecule has 0 saturated heterocycles. The third-order valence-electron chi connectivity index (χ3n) is 2.78. The van der Waals surface area contributed by atoms with E-state index in [2.05, 4.69) is 0 Å². The van der Waals surface area contributed by atoms with Crippen LogP contribution in [-0.4, -0.2) is 25.5 Å². The Kier molecular flexibility index (Phi) is 5.29. The van der Waals surface area contributed by atoms with Gasteiger partial charge in [0.05, 0.1) is 0 Å². The molecule has 1 aromatic heterocycles. The smallest absolute Gasteiger partial charge is 0.331 e. The van der Waals surface area contributed by atoms with Crippen molar-refractivity contribution in [3.8, 4) is 0 Å². The second kappa shape index (κ2) is 7.40. The van der Waals surface area contributed by atoms with Gasteiger partial charge in [0.25, 0.3) is 5.91 Å². The van der Waals surface area contributed by atoms with E-state index in [1.165, 1.54) is 22.3 Å². The van der Waals surface area contributed by atoms with E-state index in [4.69, 9.17) is 4.74 Å². The van der Waals surface area contributed by atoms with Crippen molar-refractivity contribution < 1.29 is 14.3 Å². The van der Waals surface area contributed by atoms with Gasteiger partial charge in [0.1, 0.15) is 0 Å². The summed E-state index contributed by atoms with van der Waals surface area (Å²) < 4.78 is 4.93. The molecule has 2 aromatic rings. The van der Waals surface area contributed by atoms with Gasteiger partial charge in [0.15, 0.2) is 6.61 Å². The molecule has 0 radical (unpaired) electrons. The first kappa shape index (κ1) is 15.0. The van der Waals surface area contributed by atoms with Gasteiger partial charge in [0.2, 0.25) is 0 Å². The molecule has 5 heteroatoms. The molecule has 0 aliphatic heterocycles. The van der Waals surface area contributed by atoms with Crippen LogP contribution in [0, 0.1) is 0 Å². The second-order valence-corrected chi connectivity index (χ2v) is 5.22. The first-order valence-electron chi connectivity index (χ1n) is 6.37. The topological polar surface area (TPSA) is 46.6 Å². The molecule has 108 valence electrons. The molecule has 21 heavy (non-hydrogen) atoms. The molecule has 0 saturated carbocycles. The van der Waals surface area contributed by atoms with Crippen LogP contribution in [0.3, 0.4) is 0 Å². The normalized spacial score (nSPS) is 10.5. The number of hydrogen-bond acceptors (Lipinski definition) is 4. The highest BCUT2D eigenvalue weighted by Gasteiger charge is 2.12. The minimum Gasteiger partial charge on any atom is -0.452 e. The van der Waals surface area contributed by atoms with E-state index < -0.39 is 5.97 Å². The van der Waals surface area contributed by atoms with Gasteiger partial charge >= 0.3 is 5.97 Å². The maximum Gasteiger partial charge on any atom is 0.331 e. The Morgan fingerprint density at radius 3 is 2.62 bits per heavy atom. The Labute approximate surface area is 127 Å². The van der Waals surface area contributed by atoms with Crippen molar-refractivity contribution in [3.05, 3.63) is 58.8 Å². The molecule has 0 bridgehead atoms. The summed E-state index contributed by atoms with van der Waals surface area (Å²) in [6, 6.07) is 13.0. The monoisotopic (exact) mass is 301 g/mol.